The van der Waals surface area contributed by atoms with E-state index < -0.39 is 5.82 Å². The number of ether oxygens (including phenoxy) is 1. The molecule has 0 aliphatic carbocycles. The molecule has 0 fully saturated rings. The molecular formula is C25H22Cl2FN3O2S. The van der Waals surface area contributed by atoms with E-state index in [1.165, 1.54) is 11.3 Å². The Balaban J connectivity index is 1.59. The summed E-state index contributed by atoms with van der Waals surface area (Å²) in [4.78, 5) is 14.9. The lowest BCUT2D eigenvalue weighted by Gasteiger charge is -2.26. The third-order valence-electron chi connectivity index (χ3n) is 5.97. The Hall–Kier alpha value is -2.61. The molecule has 2 aromatic heterocycles. The number of aromatic nitrogens is 2. The number of carbonyl (C=O) groups is 1. The van der Waals surface area contributed by atoms with Gasteiger partial charge in [0.2, 0.25) is 0 Å². The van der Waals surface area contributed by atoms with Crippen molar-refractivity contribution in [2.24, 2.45) is 0 Å². The van der Waals surface area contributed by atoms with Crippen LogP contribution in [0.15, 0.2) is 36.4 Å². The van der Waals surface area contributed by atoms with Crippen LogP contribution >= 0.6 is 34.5 Å². The van der Waals surface area contributed by atoms with Crippen molar-refractivity contribution in [2.75, 3.05) is 6.61 Å². The molecule has 1 N–H and O–H groups in total. The van der Waals surface area contributed by atoms with Crippen LogP contribution in [0.4, 0.5) is 4.39 Å². The van der Waals surface area contributed by atoms with E-state index >= 15 is 0 Å². The van der Waals surface area contributed by atoms with Crippen molar-refractivity contribution in [3.63, 3.8) is 0 Å². The van der Waals surface area contributed by atoms with Gasteiger partial charge in [0.1, 0.15) is 15.5 Å². The summed E-state index contributed by atoms with van der Waals surface area (Å²) >= 11 is 13.5. The largest absolute Gasteiger partial charge is 0.493 e. The van der Waals surface area contributed by atoms with Gasteiger partial charge < -0.3 is 10.1 Å². The Morgan fingerprint density at radius 1 is 1.26 bits per heavy atom. The summed E-state index contributed by atoms with van der Waals surface area (Å²) in [6.45, 7) is 6.49. The van der Waals surface area contributed by atoms with E-state index in [4.69, 9.17) is 33.0 Å². The highest BCUT2D eigenvalue weighted by Crippen LogP contribution is 2.40. The van der Waals surface area contributed by atoms with E-state index in [9.17, 15) is 9.18 Å². The Kier molecular flexibility index (Phi) is 6.04. The maximum absolute atomic E-state index is 14.0. The van der Waals surface area contributed by atoms with Crippen molar-refractivity contribution in [1.29, 1.82) is 0 Å². The molecule has 1 unspecified atom stereocenters. The Morgan fingerprint density at radius 2 is 1.97 bits per heavy atom. The molecule has 0 saturated heterocycles. The SMILES string of the molecule is Cc1nn2c(C(C)C)c(C(=O)NC3CCOc4ccccc43)sc2c1-c1cc(Cl)c(F)c(Cl)c1. The van der Waals surface area contributed by atoms with Gasteiger partial charge in [0.05, 0.1) is 34.1 Å². The molecule has 9 heteroatoms. The van der Waals surface area contributed by atoms with E-state index in [1.807, 2.05) is 49.6 Å². The highest BCUT2D eigenvalue weighted by Gasteiger charge is 2.29. The molecule has 5 rings (SSSR count). The van der Waals surface area contributed by atoms with Gasteiger partial charge in [-0.15, -0.1) is 11.3 Å². The molecule has 4 aromatic rings. The first kappa shape index (κ1) is 23.1. The normalized spacial score (nSPS) is 15.4. The number of carbonyl (C=O) groups excluding carboxylic acids is 1. The van der Waals surface area contributed by atoms with Gasteiger partial charge >= 0.3 is 0 Å². The van der Waals surface area contributed by atoms with Gasteiger partial charge in [-0.3, -0.25) is 4.79 Å². The number of nitrogens with zero attached hydrogens (tertiary/aromatic N) is 2. The third-order valence-corrected chi connectivity index (χ3v) is 7.69. The molecule has 3 heterocycles. The highest BCUT2D eigenvalue weighted by atomic mass is 35.5. The molecule has 1 amide bonds. The molecule has 0 spiro atoms. The number of thiazole rings is 1. The van der Waals surface area contributed by atoms with Gasteiger partial charge in [-0.2, -0.15) is 5.10 Å². The Labute approximate surface area is 210 Å². The lowest BCUT2D eigenvalue weighted by atomic mass is 10.0. The maximum Gasteiger partial charge on any atom is 0.263 e. The van der Waals surface area contributed by atoms with E-state index in [0.29, 0.717) is 23.5 Å². The fourth-order valence-corrected chi connectivity index (χ4v) is 6.28. The zero-order valence-corrected chi connectivity index (χ0v) is 21.1. The molecule has 34 heavy (non-hydrogen) atoms. The van der Waals surface area contributed by atoms with Crippen LogP contribution in [0.2, 0.25) is 10.0 Å². The molecule has 0 saturated carbocycles. The summed E-state index contributed by atoms with van der Waals surface area (Å²) < 4.78 is 21.6. The fourth-order valence-electron chi connectivity index (χ4n) is 4.43. The average molecular weight is 518 g/mol. The third kappa shape index (κ3) is 3.85. The second-order valence-corrected chi connectivity index (χ2v) is 10.4. The van der Waals surface area contributed by atoms with Crippen LogP contribution in [-0.2, 0) is 0 Å². The van der Waals surface area contributed by atoms with Crippen molar-refractivity contribution in [3.05, 3.63) is 74.1 Å². The van der Waals surface area contributed by atoms with Crippen LogP contribution < -0.4 is 10.1 Å². The fraction of sp³-hybridized carbons (Fsp3) is 0.280. The van der Waals surface area contributed by atoms with Crippen molar-refractivity contribution in [3.8, 4) is 16.9 Å². The van der Waals surface area contributed by atoms with Gasteiger partial charge in [0, 0.05) is 17.5 Å². The minimum absolute atomic E-state index is 0.0454. The number of fused-ring (bicyclic) bond motifs is 2. The molecule has 2 aromatic carbocycles. The zero-order chi connectivity index (χ0) is 24.1. The quantitative estimate of drug-likeness (QED) is 0.291. The molecule has 0 bridgehead atoms. The number of nitrogens with one attached hydrogen (secondary N) is 1. The van der Waals surface area contributed by atoms with E-state index in [2.05, 4.69) is 5.32 Å². The predicted octanol–water partition coefficient (Wildman–Crippen LogP) is 7.19. The lowest BCUT2D eigenvalue weighted by Crippen LogP contribution is -2.32. The summed E-state index contributed by atoms with van der Waals surface area (Å²) in [5, 5.41) is 7.81. The molecule has 0 radical (unpaired) electrons. The number of halogens is 3. The Morgan fingerprint density at radius 3 is 2.68 bits per heavy atom. The first-order chi connectivity index (χ1) is 16.3. The topological polar surface area (TPSA) is 55.6 Å². The first-order valence-electron chi connectivity index (χ1n) is 11.0. The standard InChI is InChI=1S/C25H22Cl2FN3O2S/c1-12(2)22-23(24(32)29-18-8-9-33-19-7-5-4-6-15(18)19)34-25-20(13(3)30-31(22)25)14-10-16(26)21(28)17(27)11-14/h4-7,10-12,18H,8-9H2,1-3H3,(H,29,32). The number of para-hydroxylation sites is 1. The number of aryl methyl sites for hydroxylation is 1. The highest BCUT2D eigenvalue weighted by molar-refractivity contribution is 7.20. The number of amides is 1. The van der Waals surface area contributed by atoms with Crippen LogP contribution in [0.3, 0.4) is 0 Å². The number of benzene rings is 2. The van der Waals surface area contributed by atoms with E-state index in [1.54, 1.807) is 12.1 Å². The summed E-state index contributed by atoms with van der Waals surface area (Å²) in [5.41, 5.74) is 3.99. The summed E-state index contributed by atoms with van der Waals surface area (Å²) in [5.74, 6) is 0.0368. The maximum atomic E-state index is 14.0. The predicted molar refractivity (Wildman–Crippen MR) is 134 cm³/mol. The van der Waals surface area contributed by atoms with E-state index in [0.717, 1.165) is 33.1 Å². The monoisotopic (exact) mass is 517 g/mol. The zero-order valence-electron chi connectivity index (χ0n) is 18.8. The first-order valence-corrected chi connectivity index (χ1v) is 12.5. The van der Waals surface area contributed by atoms with Crippen molar-refractivity contribution in [1.82, 2.24) is 14.9 Å². The molecule has 1 atom stereocenters. The molecule has 1 aliphatic rings. The molecule has 1 aliphatic heterocycles. The molecular weight excluding hydrogens is 496 g/mol. The number of hydrogen-bond donors (Lipinski definition) is 1. The van der Waals surface area contributed by atoms with Gasteiger partial charge in [-0.25, -0.2) is 8.91 Å². The smallest absolute Gasteiger partial charge is 0.263 e. The summed E-state index contributed by atoms with van der Waals surface area (Å²) in [6.07, 6.45) is 0.694. The minimum Gasteiger partial charge on any atom is -0.493 e. The number of hydrogen-bond acceptors (Lipinski definition) is 4. The van der Waals surface area contributed by atoms with E-state index in [-0.39, 0.29) is 27.9 Å². The van der Waals surface area contributed by atoms with Gasteiger partial charge in [0.15, 0.2) is 5.82 Å². The summed E-state index contributed by atoms with van der Waals surface area (Å²) in [7, 11) is 0. The van der Waals surface area contributed by atoms with Crippen LogP contribution in [0.5, 0.6) is 5.75 Å². The van der Waals surface area contributed by atoms with Crippen molar-refractivity contribution in [2.45, 2.75) is 39.2 Å². The lowest BCUT2D eigenvalue weighted by molar-refractivity contribution is 0.0927. The van der Waals surface area contributed by atoms with Crippen LogP contribution in [-0.4, -0.2) is 22.1 Å². The average Bonchev–Trinajstić information content (AvgIpc) is 3.31. The summed E-state index contributed by atoms with van der Waals surface area (Å²) in [6, 6.07) is 10.7. The van der Waals surface area contributed by atoms with Crippen LogP contribution in [0.1, 0.15) is 58.9 Å². The van der Waals surface area contributed by atoms with Crippen LogP contribution in [0.25, 0.3) is 16.0 Å². The molecule has 176 valence electrons. The second kappa shape index (κ2) is 8.87. The minimum atomic E-state index is -0.654. The van der Waals surface area contributed by atoms with Crippen LogP contribution in [0, 0.1) is 12.7 Å². The van der Waals surface area contributed by atoms with Gasteiger partial charge in [-0.05, 0) is 36.6 Å². The van der Waals surface area contributed by atoms with Gasteiger partial charge in [-0.1, -0.05) is 55.2 Å². The van der Waals surface area contributed by atoms with Crippen molar-refractivity contribution >= 4 is 45.3 Å². The Bertz CT molecular complexity index is 1410. The molecule has 5 nitrogen and oxygen atoms in total. The second-order valence-electron chi connectivity index (χ2n) is 8.60. The van der Waals surface area contributed by atoms with Crippen molar-refractivity contribution < 1.29 is 13.9 Å². The van der Waals surface area contributed by atoms with Gasteiger partial charge in [0.25, 0.3) is 5.91 Å². The number of rotatable bonds is 4.